The smallest absolute Gasteiger partial charge is 0.129 e. The standard InChI is InChI=1S/C11H15ClFNO/c1-2-8(15)6-14-7-9-10(12)4-3-5-11(9)13/h3-5,8,14-15H,2,6-7H2,1H3. The third-order valence-electron chi connectivity index (χ3n) is 2.21. The summed E-state index contributed by atoms with van der Waals surface area (Å²) in [6, 6.07) is 4.60. The van der Waals surface area contributed by atoms with E-state index in [2.05, 4.69) is 5.32 Å². The van der Waals surface area contributed by atoms with Gasteiger partial charge < -0.3 is 10.4 Å². The second kappa shape index (κ2) is 6.05. The minimum atomic E-state index is -0.393. The van der Waals surface area contributed by atoms with Crippen molar-refractivity contribution >= 4 is 11.6 Å². The molecule has 0 heterocycles. The van der Waals surface area contributed by atoms with Crippen LogP contribution in [0.2, 0.25) is 5.02 Å². The lowest BCUT2D eigenvalue weighted by Crippen LogP contribution is -2.26. The van der Waals surface area contributed by atoms with E-state index in [-0.39, 0.29) is 5.82 Å². The highest BCUT2D eigenvalue weighted by Gasteiger charge is 2.07. The lowest BCUT2D eigenvalue weighted by molar-refractivity contribution is 0.167. The number of hydrogen-bond acceptors (Lipinski definition) is 2. The third-order valence-corrected chi connectivity index (χ3v) is 2.57. The van der Waals surface area contributed by atoms with E-state index in [0.29, 0.717) is 30.1 Å². The molecule has 0 bridgehead atoms. The van der Waals surface area contributed by atoms with Crippen molar-refractivity contribution in [2.24, 2.45) is 0 Å². The largest absolute Gasteiger partial charge is 0.392 e. The van der Waals surface area contributed by atoms with Gasteiger partial charge in [-0.25, -0.2) is 4.39 Å². The molecule has 0 saturated carbocycles. The van der Waals surface area contributed by atoms with Crippen LogP contribution >= 0.6 is 11.6 Å². The molecule has 0 amide bonds. The maximum absolute atomic E-state index is 13.3. The van der Waals surface area contributed by atoms with E-state index in [1.54, 1.807) is 12.1 Å². The quantitative estimate of drug-likeness (QED) is 0.815. The van der Waals surface area contributed by atoms with Crippen molar-refractivity contribution in [2.75, 3.05) is 6.54 Å². The first-order valence-electron chi connectivity index (χ1n) is 4.96. The Morgan fingerprint density at radius 2 is 2.27 bits per heavy atom. The molecule has 0 saturated heterocycles. The molecular weight excluding hydrogens is 217 g/mol. The van der Waals surface area contributed by atoms with Crippen molar-refractivity contribution in [3.05, 3.63) is 34.6 Å². The summed E-state index contributed by atoms with van der Waals surface area (Å²) in [5.74, 6) is -0.319. The summed E-state index contributed by atoms with van der Waals surface area (Å²) >= 11 is 5.84. The van der Waals surface area contributed by atoms with E-state index in [1.807, 2.05) is 6.92 Å². The van der Waals surface area contributed by atoms with Crippen LogP contribution in [-0.4, -0.2) is 17.8 Å². The van der Waals surface area contributed by atoms with Crippen LogP contribution in [0.15, 0.2) is 18.2 Å². The van der Waals surface area contributed by atoms with Crippen molar-refractivity contribution in [1.82, 2.24) is 5.32 Å². The fourth-order valence-corrected chi connectivity index (χ4v) is 1.44. The molecule has 1 aromatic carbocycles. The molecule has 0 aliphatic heterocycles. The first-order valence-corrected chi connectivity index (χ1v) is 5.34. The molecule has 1 rings (SSSR count). The van der Waals surface area contributed by atoms with Crippen LogP contribution in [0.3, 0.4) is 0 Å². The van der Waals surface area contributed by atoms with Crippen LogP contribution in [0.1, 0.15) is 18.9 Å². The highest BCUT2D eigenvalue weighted by atomic mass is 35.5. The molecular formula is C11H15ClFNO. The molecule has 4 heteroatoms. The summed E-state index contributed by atoms with van der Waals surface area (Å²) in [6.07, 6.45) is 0.286. The normalized spacial score (nSPS) is 12.8. The van der Waals surface area contributed by atoms with E-state index in [1.165, 1.54) is 6.07 Å². The Morgan fingerprint density at radius 3 is 2.87 bits per heavy atom. The molecule has 0 spiro atoms. The van der Waals surface area contributed by atoms with Gasteiger partial charge in [0.2, 0.25) is 0 Å². The average Bonchev–Trinajstić information content (AvgIpc) is 2.22. The average molecular weight is 232 g/mol. The predicted molar refractivity (Wildman–Crippen MR) is 59.4 cm³/mol. The Balaban J connectivity index is 2.50. The number of hydrogen-bond donors (Lipinski definition) is 2. The molecule has 1 unspecified atom stereocenters. The highest BCUT2D eigenvalue weighted by Crippen LogP contribution is 2.18. The lowest BCUT2D eigenvalue weighted by atomic mass is 10.2. The maximum Gasteiger partial charge on any atom is 0.129 e. The number of benzene rings is 1. The summed E-state index contributed by atoms with van der Waals surface area (Å²) in [5, 5.41) is 12.7. The molecule has 0 aromatic heterocycles. The zero-order valence-electron chi connectivity index (χ0n) is 8.63. The summed E-state index contributed by atoms with van der Waals surface area (Å²) in [4.78, 5) is 0. The van der Waals surface area contributed by atoms with Crippen molar-refractivity contribution in [2.45, 2.75) is 26.0 Å². The second-order valence-corrected chi connectivity index (χ2v) is 3.80. The molecule has 0 aliphatic rings. The van der Waals surface area contributed by atoms with E-state index < -0.39 is 6.10 Å². The number of rotatable bonds is 5. The van der Waals surface area contributed by atoms with Gasteiger partial charge in [0.1, 0.15) is 5.82 Å². The van der Waals surface area contributed by atoms with Crippen molar-refractivity contribution in [3.63, 3.8) is 0 Å². The summed E-state index contributed by atoms with van der Waals surface area (Å²) < 4.78 is 13.3. The summed E-state index contributed by atoms with van der Waals surface area (Å²) in [6.45, 7) is 2.67. The maximum atomic E-state index is 13.3. The number of aliphatic hydroxyl groups is 1. The topological polar surface area (TPSA) is 32.3 Å². The molecule has 84 valence electrons. The Labute approximate surface area is 94.1 Å². The Kier molecular flexibility index (Phi) is 5.02. The molecule has 15 heavy (non-hydrogen) atoms. The number of aliphatic hydroxyl groups excluding tert-OH is 1. The first-order chi connectivity index (χ1) is 7.15. The Morgan fingerprint density at radius 1 is 1.53 bits per heavy atom. The van der Waals surface area contributed by atoms with Gasteiger partial charge in [0.15, 0.2) is 0 Å². The van der Waals surface area contributed by atoms with Crippen LogP contribution in [0, 0.1) is 5.82 Å². The molecule has 0 fully saturated rings. The van der Waals surface area contributed by atoms with Gasteiger partial charge in [-0.15, -0.1) is 0 Å². The summed E-state index contributed by atoms with van der Waals surface area (Å²) in [7, 11) is 0. The van der Waals surface area contributed by atoms with Crippen LogP contribution in [0.4, 0.5) is 4.39 Å². The van der Waals surface area contributed by atoms with Crippen molar-refractivity contribution < 1.29 is 9.50 Å². The second-order valence-electron chi connectivity index (χ2n) is 3.39. The van der Waals surface area contributed by atoms with Gasteiger partial charge in [-0.3, -0.25) is 0 Å². The van der Waals surface area contributed by atoms with Gasteiger partial charge in [-0.2, -0.15) is 0 Å². The van der Waals surface area contributed by atoms with Gasteiger partial charge in [0.25, 0.3) is 0 Å². The molecule has 1 aromatic rings. The zero-order chi connectivity index (χ0) is 11.3. The molecule has 0 aliphatic carbocycles. The highest BCUT2D eigenvalue weighted by molar-refractivity contribution is 6.31. The van der Waals surface area contributed by atoms with Gasteiger partial charge in [0.05, 0.1) is 6.10 Å². The first kappa shape index (κ1) is 12.4. The van der Waals surface area contributed by atoms with E-state index >= 15 is 0 Å². The van der Waals surface area contributed by atoms with Crippen LogP contribution in [0.25, 0.3) is 0 Å². The van der Waals surface area contributed by atoms with Gasteiger partial charge in [-0.05, 0) is 18.6 Å². The fourth-order valence-electron chi connectivity index (χ4n) is 1.21. The van der Waals surface area contributed by atoms with E-state index in [0.717, 1.165) is 0 Å². The van der Waals surface area contributed by atoms with Crippen molar-refractivity contribution in [1.29, 1.82) is 0 Å². The SMILES string of the molecule is CCC(O)CNCc1c(F)cccc1Cl. The van der Waals surface area contributed by atoms with E-state index in [9.17, 15) is 9.50 Å². The Hall–Kier alpha value is -0.640. The van der Waals surface area contributed by atoms with Crippen LogP contribution in [-0.2, 0) is 6.54 Å². The molecule has 2 N–H and O–H groups in total. The Bertz CT molecular complexity index is 299. The van der Waals surface area contributed by atoms with Crippen LogP contribution < -0.4 is 5.32 Å². The molecule has 2 nitrogen and oxygen atoms in total. The minimum absolute atomic E-state index is 0.319. The molecule has 1 atom stereocenters. The van der Waals surface area contributed by atoms with Gasteiger partial charge in [0, 0.05) is 23.7 Å². The number of halogens is 2. The predicted octanol–water partition coefficient (Wildman–Crippen LogP) is 2.34. The van der Waals surface area contributed by atoms with Gasteiger partial charge >= 0.3 is 0 Å². The molecule has 0 radical (unpaired) electrons. The fraction of sp³-hybridized carbons (Fsp3) is 0.455. The number of nitrogens with one attached hydrogen (secondary N) is 1. The lowest BCUT2D eigenvalue weighted by Gasteiger charge is -2.10. The van der Waals surface area contributed by atoms with Crippen LogP contribution in [0.5, 0.6) is 0 Å². The van der Waals surface area contributed by atoms with Crippen molar-refractivity contribution in [3.8, 4) is 0 Å². The third kappa shape index (κ3) is 3.78. The summed E-state index contributed by atoms with van der Waals surface area (Å²) in [5.41, 5.74) is 0.447. The monoisotopic (exact) mass is 231 g/mol. The van der Waals surface area contributed by atoms with Gasteiger partial charge in [-0.1, -0.05) is 24.6 Å². The minimum Gasteiger partial charge on any atom is -0.392 e. The zero-order valence-corrected chi connectivity index (χ0v) is 9.39. The van der Waals surface area contributed by atoms with E-state index in [4.69, 9.17) is 11.6 Å².